The van der Waals surface area contributed by atoms with Crippen molar-refractivity contribution in [3.05, 3.63) is 41.5 Å². The van der Waals surface area contributed by atoms with E-state index in [1.807, 2.05) is 12.1 Å². The highest BCUT2D eigenvalue weighted by Gasteiger charge is 1.98. The van der Waals surface area contributed by atoms with Gasteiger partial charge in [-0.1, -0.05) is 30.4 Å². The molecule has 1 aromatic rings. The maximum Gasteiger partial charge on any atom is 0.309 e. The first-order valence-corrected chi connectivity index (χ1v) is 5.09. The molecule has 0 spiro atoms. The number of hydrogen-bond acceptors (Lipinski definition) is 3. The molecule has 0 saturated carbocycles. The summed E-state index contributed by atoms with van der Waals surface area (Å²) in [6.45, 7) is 2.16. The fraction of sp³-hybridized carbons (Fsp3) is 0.231. The molecule has 3 heteroatoms. The van der Waals surface area contributed by atoms with E-state index in [2.05, 4.69) is 6.07 Å². The zero-order chi connectivity index (χ0) is 11.8. The van der Waals surface area contributed by atoms with E-state index in [9.17, 15) is 4.79 Å². The number of rotatable bonds is 4. The van der Waals surface area contributed by atoms with Gasteiger partial charge in [0.05, 0.1) is 24.7 Å². The van der Waals surface area contributed by atoms with Gasteiger partial charge < -0.3 is 4.74 Å². The van der Waals surface area contributed by atoms with Crippen LogP contribution in [0.15, 0.2) is 30.3 Å². The van der Waals surface area contributed by atoms with Gasteiger partial charge in [0.25, 0.3) is 0 Å². The molecule has 0 atom stereocenters. The molecule has 3 nitrogen and oxygen atoms in total. The topological polar surface area (TPSA) is 50.1 Å². The maximum absolute atomic E-state index is 11.0. The molecule has 0 aromatic heterocycles. The maximum atomic E-state index is 11.0. The third-order valence-corrected chi connectivity index (χ3v) is 1.97. The predicted molar refractivity (Wildman–Crippen MR) is 61.4 cm³/mol. The van der Waals surface area contributed by atoms with Crippen molar-refractivity contribution in [2.24, 2.45) is 0 Å². The van der Waals surface area contributed by atoms with Crippen molar-refractivity contribution in [2.45, 2.75) is 13.3 Å². The van der Waals surface area contributed by atoms with Crippen molar-refractivity contribution in [1.29, 1.82) is 5.26 Å². The molecule has 0 saturated heterocycles. The molecule has 0 radical (unpaired) electrons. The second kappa shape index (κ2) is 6.41. The van der Waals surface area contributed by atoms with Gasteiger partial charge in [0.15, 0.2) is 0 Å². The van der Waals surface area contributed by atoms with Crippen molar-refractivity contribution >= 4 is 12.0 Å². The molecule has 0 aliphatic heterocycles. The third kappa shape index (κ3) is 3.58. The van der Waals surface area contributed by atoms with Crippen LogP contribution in [-0.4, -0.2) is 12.6 Å². The van der Waals surface area contributed by atoms with Crippen LogP contribution in [0, 0.1) is 11.3 Å². The molecule has 82 valence electrons. The molecule has 0 amide bonds. The summed E-state index contributed by atoms with van der Waals surface area (Å²) in [4.78, 5) is 11.0. The summed E-state index contributed by atoms with van der Waals surface area (Å²) < 4.78 is 4.78. The minimum Gasteiger partial charge on any atom is -0.466 e. The second-order valence-corrected chi connectivity index (χ2v) is 3.11. The summed E-state index contributed by atoms with van der Waals surface area (Å²) in [6, 6.07) is 9.32. The second-order valence-electron chi connectivity index (χ2n) is 3.11. The van der Waals surface area contributed by atoms with Crippen molar-refractivity contribution in [1.82, 2.24) is 0 Å². The minimum atomic E-state index is -0.256. The summed E-state index contributed by atoms with van der Waals surface area (Å²) in [6.07, 6.45) is 3.69. The van der Waals surface area contributed by atoms with E-state index in [1.54, 1.807) is 31.2 Å². The van der Waals surface area contributed by atoms with Gasteiger partial charge in [0, 0.05) is 0 Å². The molecule has 0 bridgehead atoms. The summed E-state index contributed by atoms with van der Waals surface area (Å²) in [5.74, 6) is -0.256. The molecule has 0 unspecified atom stereocenters. The van der Waals surface area contributed by atoms with E-state index in [1.165, 1.54) is 0 Å². The van der Waals surface area contributed by atoms with E-state index in [0.717, 1.165) is 5.56 Å². The van der Waals surface area contributed by atoms with Gasteiger partial charge in [-0.05, 0) is 18.6 Å². The van der Waals surface area contributed by atoms with Gasteiger partial charge in [-0.25, -0.2) is 0 Å². The van der Waals surface area contributed by atoms with E-state index >= 15 is 0 Å². The lowest BCUT2D eigenvalue weighted by Crippen LogP contribution is -2.01. The Balaban J connectivity index is 2.63. The number of ether oxygens (including phenoxy) is 1. The number of nitrogens with zero attached hydrogens (tertiary/aromatic N) is 1. The van der Waals surface area contributed by atoms with E-state index in [-0.39, 0.29) is 12.4 Å². The molecule has 1 rings (SSSR count). The lowest BCUT2D eigenvalue weighted by Gasteiger charge is -1.98. The third-order valence-electron chi connectivity index (χ3n) is 1.97. The number of benzene rings is 1. The number of nitriles is 1. The molecule has 0 heterocycles. The van der Waals surface area contributed by atoms with Gasteiger partial charge in [-0.3, -0.25) is 4.79 Å². The van der Waals surface area contributed by atoms with Gasteiger partial charge in [-0.15, -0.1) is 0 Å². The first-order valence-electron chi connectivity index (χ1n) is 5.09. The summed E-state index contributed by atoms with van der Waals surface area (Å²) in [7, 11) is 0. The Labute approximate surface area is 95.0 Å². The normalized spacial score (nSPS) is 10.0. The van der Waals surface area contributed by atoms with Crippen LogP contribution in [0.3, 0.4) is 0 Å². The van der Waals surface area contributed by atoms with Gasteiger partial charge in [0.2, 0.25) is 0 Å². The van der Waals surface area contributed by atoms with Gasteiger partial charge >= 0.3 is 5.97 Å². The first kappa shape index (κ1) is 12.0. The fourth-order valence-corrected chi connectivity index (χ4v) is 1.25. The zero-order valence-electron chi connectivity index (χ0n) is 9.14. The highest BCUT2D eigenvalue weighted by atomic mass is 16.5. The van der Waals surface area contributed by atoms with Crippen LogP contribution in [0.4, 0.5) is 0 Å². The van der Waals surface area contributed by atoms with E-state index in [0.29, 0.717) is 12.2 Å². The largest absolute Gasteiger partial charge is 0.466 e. The molecule has 1 aromatic carbocycles. The SMILES string of the molecule is CCOC(=O)CC=Cc1ccccc1C#N. The quantitative estimate of drug-likeness (QED) is 0.725. The van der Waals surface area contributed by atoms with Crippen molar-refractivity contribution in [3.63, 3.8) is 0 Å². The molecule has 16 heavy (non-hydrogen) atoms. The van der Waals surface area contributed by atoms with Crippen LogP contribution in [-0.2, 0) is 9.53 Å². The molecular weight excluding hydrogens is 202 g/mol. The minimum absolute atomic E-state index is 0.230. The number of esters is 1. The predicted octanol–water partition coefficient (Wildman–Crippen LogP) is 2.52. The van der Waals surface area contributed by atoms with Crippen molar-refractivity contribution < 1.29 is 9.53 Å². The summed E-state index contributed by atoms with van der Waals surface area (Å²) >= 11 is 0. The Hall–Kier alpha value is -2.08. The number of carbonyl (C=O) groups excluding carboxylic acids is 1. The Morgan fingerprint density at radius 1 is 1.50 bits per heavy atom. The Morgan fingerprint density at radius 2 is 2.25 bits per heavy atom. The molecule has 0 fully saturated rings. The van der Waals surface area contributed by atoms with Gasteiger partial charge in [0.1, 0.15) is 0 Å². The van der Waals surface area contributed by atoms with E-state index in [4.69, 9.17) is 10.00 Å². The highest BCUT2D eigenvalue weighted by molar-refractivity contribution is 5.73. The first-order chi connectivity index (χ1) is 7.77. The van der Waals surface area contributed by atoms with Crippen LogP contribution in [0.2, 0.25) is 0 Å². The van der Waals surface area contributed by atoms with Crippen LogP contribution in [0.5, 0.6) is 0 Å². The van der Waals surface area contributed by atoms with Crippen LogP contribution < -0.4 is 0 Å². The monoisotopic (exact) mass is 215 g/mol. The Morgan fingerprint density at radius 3 is 2.94 bits per heavy atom. The van der Waals surface area contributed by atoms with Crippen LogP contribution in [0.25, 0.3) is 6.08 Å². The standard InChI is InChI=1S/C13H13NO2/c1-2-16-13(15)9-5-8-11-6-3-4-7-12(11)10-14/h3-8H,2,9H2,1H3. The summed E-state index contributed by atoms with van der Waals surface area (Å²) in [5.41, 5.74) is 1.41. The Bertz CT molecular complexity index is 430. The summed E-state index contributed by atoms with van der Waals surface area (Å²) in [5, 5.41) is 8.84. The number of carbonyl (C=O) groups is 1. The average molecular weight is 215 g/mol. The molecule has 0 aliphatic rings. The Kier molecular flexibility index (Phi) is 4.81. The van der Waals surface area contributed by atoms with Crippen LogP contribution in [0.1, 0.15) is 24.5 Å². The highest BCUT2D eigenvalue weighted by Crippen LogP contribution is 2.09. The molecule has 0 aliphatic carbocycles. The molecular formula is C13H13NO2. The smallest absolute Gasteiger partial charge is 0.309 e. The molecule has 0 N–H and O–H groups in total. The zero-order valence-corrected chi connectivity index (χ0v) is 9.14. The number of hydrogen-bond donors (Lipinski definition) is 0. The lowest BCUT2D eigenvalue weighted by atomic mass is 10.1. The fourth-order valence-electron chi connectivity index (χ4n) is 1.25. The van der Waals surface area contributed by atoms with Crippen molar-refractivity contribution in [2.75, 3.05) is 6.61 Å². The lowest BCUT2D eigenvalue weighted by molar-refractivity contribution is -0.142. The van der Waals surface area contributed by atoms with Gasteiger partial charge in [-0.2, -0.15) is 5.26 Å². The average Bonchev–Trinajstić information content (AvgIpc) is 2.30. The van der Waals surface area contributed by atoms with Crippen molar-refractivity contribution in [3.8, 4) is 6.07 Å². The van der Waals surface area contributed by atoms with Crippen LogP contribution >= 0.6 is 0 Å². The van der Waals surface area contributed by atoms with E-state index < -0.39 is 0 Å².